The van der Waals surface area contributed by atoms with Gasteiger partial charge in [0.2, 0.25) is 11.9 Å². The van der Waals surface area contributed by atoms with Crippen molar-refractivity contribution in [2.75, 3.05) is 33.5 Å². The lowest BCUT2D eigenvalue weighted by molar-refractivity contribution is -0.137. The molecule has 1 aliphatic heterocycles. The van der Waals surface area contributed by atoms with Crippen molar-refractivity contribution in [3.63, 3.8) is 0 Å². The van der Waals surface area contributed by atoms with Gasteiger partial charge in [-0.25, -0.2) is 9.69 Å². The Labute approximate surface area is 220 Å². The Bertz CT molecular complexity index is 1270. The van der Waals surface area contributed by atoms with E-state index in [-0.39, 0.29) is 25.6 Å². The Hall–Kier alpha value is -3.79. The minimum absolute atomic E-state index is 0.0139. The van der Waals surface area contributed by atoms with E-state index in [1.165, 1.54) is 7.11 Å². The number of cyclic esters (lactones) is 1. The summed E-state index contributed by atoms with van der Waals surface area (Å²) in [6.07, 6.45) is -1.35. The number of benzene rings is 2. The molecule has 2 atom stereocenters. The fraction of sp³-hybridized carbons (Fsp3) is 0.345. The summed E-state index contributed by atoms with van der Waals surface area (Å²) < 4.78 is 21.8. The molecular weight excluding hydrogens is 490 g/mol. The minimum atomic E-state index is -1.59. The van der Waals surface area contributed by atoms with Gasteiger partial charge in [0.05, 0.1) is 13.2 Å². The van der Waals surface area contributed by atoms with Gasteiger partial charge < -0.3 is 23.7 Å². The Morgan fingerprint density at radius 1 is 1.11 bits per heavy atom. The fourth-order valence-corrected chi connectivity index (χ4v) is 4.46. The number of carbonyl (C=O) groups excluding carboxylic acids is 3. The van der Waals surface area contributed by atoms with E-state index in [0.29, 0.717) is 30.8 Å². The predicted octanol–water partition coefficient (Wildman–Crippen LogP) is 4.11. The van der Waals surface area contributed by atoms with E-state index in [1.54, 1.807) is 30.3 Å². The normalized spacial score (nSPS) is 15.9. The summed E-state index contributed by atoms with van der Waals surface area (Å²) in [4.78, 5) is 40.4. The number of aliphatic hydroxyl groups is 1. The minimum Gasteiger partial charge on any atom is -0.457 e. The van der Waals surface area contributed by atoms with Crippen LogP contribution in [0.5, 0.6) is 0 Å². The summed E-state index contributed by atoms with van der Waals surface area (Å²) in [5, 5.41) is 8.91. The molecule has 4 rings (SSSR count). The van der Waals surface area contributed by atoms with Crippen molar-refractivity contribution in [1.82, 2.24) is 4.90 Å². The van der Waals surface area contributed by atoms with Gasteiger partial charge in [-0.05, 0) is 30.5 Å². The summed E-state index contributed by atoms with van der Waals surface area (Å²) in [6, 6.07) is 17.7. The smallest absolute Gasteiger partial charge is 0.417 e. The molecule has 200 valence electrons. The molecule has 0 aliphatic carbocycles. The molecule has 0 saturated carbocycles. The zero-order valence-corrected chi connectivity index (χ0v) is 21.4. The first-order valence-corrected chi connectivity index (χ1v) is 12.4. The van der Waals surface area contributed by atoms with Crippen molar-refractivity contribution >= 4 is 17.8 Å². The number of rotatable bonds is 12. The second kappa shape index (κ2) is 12.6. The van der Waals surface area contributed by atoms with Crippen LogP contribution >= 0.6 is 0 Å². The van der Waals surface area contributed by atoms with Crippen LogP contribution in [-0.2, 0) is 25.4 Å². The van der Waals surface area contributed by atoms with Crippen molar-refractivity contribution in [2.24, 2.45) is 0 Å². The number of ketones is 1. The van der Waals surface area contributed by atoms with Crippen molar-refractivity contribution in [3.05, 3.63) is 83.3 Å². The molecule has 9 nitrogen and oxygen atoms in total. The second-order valence-corrected chi connectivity index (χ2v) is 8.95. The van der Waals surface area contributed by atoms with E-state index in [4.69, 9.17) is 23.7 Å². The lowest BCUT2D eigenvalue weighted by Crippen LogP contribution is -2.45. The van der Waals surface area contributed by atoms with Gasteiger partial charge in [-0.1, -0.05) is 60.2 Å². The molecular formula is C29H31NO8. The first-order chi connectivity index (χ1) is 18.4. The van der Waals surface area contributed by atoms with E-state index >= 15 is 0 Å². The van der Waals surface area contributed by atoms with Gasteiger partial charge in [-0.2, -0.15) is 0 Å². The van der Waals surface area contributed by atoms with Crippen LogP contribution in [0.1, 0.15) is 39.9 Å². The number of hydrogen-bond acceptors (Lipinski definition) is 8. The molecule has 2 amide bonds. The molecule has 1 saturated heterocycles. The SMILES string of the molecule is CO[C@H](C(=O)c1cc(-c2cccc(C)c2)c(CCCOCCO)o1)C(=O)N1C(=O)OC[C@H]1c1ccccc1. The number of ether oxygens (including phenoxy) is 3. The lowest BCUT2D eigenvalue weighted by atomic mass is 10.0. The third-order valence-electron chi connectivity index (χ3n) is 6.30. The second-order valence-electron chi connectivity index (χ2n) is 8.95. The highest BCUT2D eigenvalue weighted by molar-refractivity contribution is 6.14. The number of carbonyl (C=O) groups is 3. The van der Waals surface area contributed by atoms with Crippen LogP contribution < -0.4 is 0 Å². The Balaban J connectivity index is 1.60. The molecule has 0 spiro atoms. The summed E-state index contributed by atoms with van der Waals surface area (Å²) in [5.41, 5.74) is 3.34. The van der Waals surface area contributed by atoms with E-state index in [1.807, 2.05) is 37.3 Å². The van der Waals surface area contributed by atoms with Crippen molar-refractivity contribution in [2.45, 2.75) is 31.9 Å². The summed E-state index contributed by atoms with van der Waals surface area (Å²) in [7, 11) is 1.24. The third-order valence-corrected chi connectivity index (χ3v) is 6.30. The maximum absolute atomic E-state index is 13.5. The number of methoxy groups -OCH3 is 1. The van der Waals surface area contributed by atoms with Crippen LogP contribution in [0.25, 0.3) is 11.1 Å². The van der Waals surface area contributed by atoms with Gasteiger partial charge in [0.25, 0.3) is 5.91 Å². The molecule has 1 aliphatic rings. The highest BCUT2D eigenvalue weighted by atomic mass is 16.6. The predicted molar refractivity (Wildman–Crippen MR) is 138 cm³/mol. The number of hydrogen-bond donors (Lipinski definition) is 1. The number of furan rings is 1. The largest absolute Gasteiger partial charge is 0.457 e. The monoisotopic (exact) mass is 521 g/mol. The summed E-state index contributed by atoms with van der Waals surface area (Å²) >= 11 is 0. The molecule has 38 heavy (non-hydrogen) atoms. The molecule has 1 N–H and O–H groups in total. The van der Waals surface area contributed by atoms with Crippen LogP contribution in [0.15, 0.2) is 65.1 Å². The Morgan fingerprint density at radius 2 is 1.89 bits per heavy atom. The zero-order chi connectivity index (χ0) is 27.1. The standard InChI is InChI=1S/C29H31NO8/c1-19-8-6-11-21(16-19)22-17-25(38-24(22)12-7-14-36-15-13-31)26(32)27(35-2)28(33)30-23(18-37-29(30)34)20-9-4-3-5-10-20/h3-6,8-11,16-17,23,27,31H,7,12-15,18H2,1-2H3/t23-,27+/m0/s1. The lowest BCUT2D eigenvalue weighted by Gasteiger charge is -2.23. The zero-order valence-electron chi connectivity index (χ0n) is 21.4. The van der Waals surface area contributed by atoms with Gasteiger partial charge in [-0.3, -0.25) is 9.59 Å². The molecule has 0 bridgehead atoms. The Kier molecular flexibility index (Phi) is 9.06. The van der Waals surface area contributed by atoms with Crippen molar-refractivity contribution < 1.29 is 38.1 Å². The Morgan fingerprint density at radius 3 is 2.61 bits per heavy atom. The van der Waals surface area contributed by atoms with E-state index in [0.717, 1.165) is 21.6 Å². The first-order valence-electron chi connectivity index (χ1n) is 12.4. The number of Topliss-reactive ketones (excluding diaryl/α,β-unsaturated/α-hetero) is 1. The molecule has 1 aromatic heterocycles. The molecule has 1 fully saturated rings. The van der Waals surface area contributed by atoms with Crippen LogP contribution in [0, 0.1) is 6.92 Å². The highest BCUT2D eigenvalue weighted by Gasteiger charge is 2.44. The first kappa shape index (κ1) is 27.3. The van der Waals surface area contributed by atoms with Crippen LogP contribution in [0.4, 0.5) is 4.79 Å². The molecule has 0 unspecified atom stereocenters. The van der Waals surface area contributed by atoms with Gasteiger partial charge in [0.1, 0.15) is 18.4 Å². The van der Waals surface area contributed by atoms with Gasteiger partial charge >= 0.3 is 6.09 Å². The van der Waals surface area contributed by atoms with E-state index in [9.17, 15) is 14.4 Å². The maximum Gasteiger partial charge on any atom is 0.417 e. The summed E-state index contributed by atoms with van der Waals surface area (Å²) in [5.74, 6) is -0.990. The van der Waals surface area contributed by atoms with Gasteiger partial charge in [0, 0.05) is 25.7 Å². The third kappa shape index (κ3) is 6.02. The quantitative estimate of drug-likeness (QED) is 0.215. The number of aryl methyl sites for hydroxylation is 2. The molecule has 2 heterocycles. The molecule has 9 heteroatoms. The molecule has 2 aromatic carbocycles. The van der Waals surface area contributed by atoms with Crippen LogP contribution in [0.2, 0.25) is 0 Å². The topological polar surface area (TPSA) is 116 Å². The number of nitrogens with zero attached hydrogens (tertiary/aromatic N) is 1. The molecule has 0 radical (unpaired) electrons. The number of amides is 2. The highest BCUT2D eigenvalue weighted by Crippen LogP contribution is 2.32. The number of imide groups is 1. The van der Waals surface area contributed by atoms with Crippen molar-refractivity contribution in [1.29, 1.82) is 0 Å². The van der Waals surface area contributed by atoms with Crippen molar-refractivity contribution in [3.8, 4) is 11.1 Å². The summed E-state index contributed by atoms with van der Waals surface area (Å²) in [6.45, 7) is 2.55. The average Bonchev–Trinajstić information content (AvgIpc) is 3.53. The van der Waals surface area contributed by atoms with E-state index in [2.05, 4.69) is 0 Å². The van der Waals surface area contributed by atoms with Crippen LogP contribution in [0.3, 0.4) is 0 Å². The van der Waals surface area contributed by atoms with Crippen LogP contribution in [-0.4, -0.2) is 67.4 Å². The van der Waals surface area contributed by atoms with E-state index < -0.39 is 29.9 Å². The maximum atomic E-state index is 13.5. The number of aliphatic hydroxyl groups excluding tert-OH is 1. The van der Waals surface area contributed by atoms with Gasteiger partial charge in [0.15, 0.2) is 5.76 Å². The fourth-order valence-electron chi connectivity index (χ4n) is 4.46. The molecule has 3 aromatic rings. The van der Waals surface area contributed by atoms with Gasteiger partial charge in [-0.15, -0.1) is 0 Å². The average molecular weight is 522 g/mol.